The molecular formula is C16H28O2. The lowest BCUT2D eigenvalue weighted by Gasteiger charge is -2.17. The second kappa shape index (κ2) is 9.93. The number of rotatable bonds is 9. The van der Waals surface area contributed by atoms with Crippen LogP contribution in [0, 0.1) is 5.92 Å². The minimum atomic E-state index is -0.302. The van der Waals surface area contributed by atoms with Gasteiger partial charge in [0.2, 0.25) is 0 Å². The van der Waals surface area contributed by atoms with Gasteiger partial charge in [0.05, 0.1) is 0 Å². The van der Waals surface area contributed by atoms with Crippen molar-refractivity contribution in [1.82, 2.24) is 0 Å². The molecule has 1 unspecified atom stereocenters. The summed E-state index contributed by atoms with van der Waals surface area (Å²) in [6, 6.07) is 0. The van der Waals surface area contributed by atoms with Crippen molar-refractivity contribution < 1.29 is 9.53 Å². The zero-order chi connectivity index (χ0) is 14.0. The minimum absolute atomic E-state index is 0.139. The van der Waals surface area contributed by atoms with E-state index in [1.54, 1.807) is 6.92 Å². The van der Waals surface area contributed by atoms with Crippen molar-refractivity contribution in [2.45, 2.75) is 65.9 Å². The van der Waals surface area contributed by atoms with Gasteiger partial charge in [-0.05, 0) is 31.8 Å². The van der Waals surface area contributed by atoms with Crippen LogP contribution in [-0.2, 0) is 9.53 Å². The molecule has 0 saturated heterocycles. The lowest BCUT2D eigenvalue weighted by atomic mass is 10.1. The molecule has 18 heavy (non-hydrogen) atoms. The number of hydrogen-bond donors (Lipinski definition) is 0. The van der Waals surface area contributed by atoms with Crippen LogP contribution in [0.5, 0.6) is 0 Å². The monoisotopic (exact) mass is 252 g/mol. The van der Waals surface area contributed by atoms with Gasteiger partial charge in [0.1, 0.15) is 6.10 Å². The van der Waals surface area contributed by atoms with Crippen LogP contribution in [0.2, 0.25) is 0 Å². The summed E-state index contributed by atoms with van der Waals surface area (Å²) >= 11 is 0. The third kappa shape index (κ3) is 8.10. The van der Waals surface area contributed by atoms with Crippen LogP contribution in [-0.4, -0.2) is 12.1 Å². The first kappa shape index (κ1) is 16.9. The molecule has 0 aromatic heterocycles. The molecule has 0 rings (SSSR count). The second-order valence-electron chi connectivity index (χ2n) is 5.17. The van der Waals surface area contributed by atoms with Crippen LogP contribution < -0.4 is 0 Å². The van der Waals surface area contributed by atoms with Crippen LogP contribution in [0.1, 0.15) is 59.8 Å². The largest absolute Gasteiger partial charge is 0.455 e. The average Bonchev–Trinajstić information content (AvgIpc) is 2.31. The Kier molecular flexibility index (Phi) is 9.35. The van der Waals surface area contributed by atoms with Crippen molar-refractivity contribution in [3.05, 3.63) is 24.3 Å². The summed E-state index contributed by atoms with van der Waals surface area (Å²) in [7, 11) is 0. The fraction of sp³-hybridized carbons (Fsp3) is 0.688. The van der Waals surface area contributed by atoms with Gasteiger partial charge in [0, 0.05) is 5.57 Å². The highest BCUT2D eigenvalue weighted by Gasteiger charge is 2.15. The third-order valence-electron chi connectivity index (χ3n) is 2.80. The summed E-state index contributed by atoms with van der Waals surface area (Å²) in [5, 5.41) is 0. The van der Waals surface area contributed by atoms with Gasteiger partial charge in [-0.2, -0.15) is 0 Å². The summed E-state index contributed by atoms with van der Waals surface area (Å²) in [6.07, 6.45) is 10.1. The van der Waals surface area contributed by atoms with Crippen LogP contribution in [0.15, 0.2) is 24.3 Å². The van der Waals surface area contributed by atoms with E-state index in [4.69, 9.17) is 4.74 Å². The first-order valence-electron chi connectivity index (χ1n) is 7.02. The SMILES string of the molecule is C=C(C)C(=O)OC(C=CCCCCCC)C(C)C. The van der Waals surface area contributed by atoms with Crippen LogP contribution >= 0.6 is 0 Å². The van der Waals surface area contributed by atoms with Gasteiger partial charge in [0.25, 0.3) is 0 Å². The molecule has 0 bridgehead atoms. The predicted molar refractivity (Wildman–Crippen MR) is 77.4 cm³/mol. The van der Waals surface area contributed by atoms with E-state index in [1.165, 1.54) is 25.7 Å². The molecule has 0 saturated carbocycles. The van der Waals surface area contributed by atoms with E-state index < -0.39 is 0 Å². The summed E-state index contributed by atoms with van der Waals surface area (Å²) in [5.41, 5.74) is 0.456. The highest BCUT2D eigenvalue weighted by Crippen LogP contribution is 2.12. The molecule has 0 amide bonds. The standard InChI is InChI=1S/C16H28O2/c1-6-7-8-9-10-11-12-15(13(2)3)18-16(17)14(4)5/h11-13,15H,4,6-10H2,1-3,5H3. The van der Waals surface area contributed by atoms with E-state index in [1.807, 2.05) is 6.08 Å². The summed E-state index contributed by atoms with van der Waals surface area (Å²) in [4.78, 5) is 11.5. The normalized spacial score (nSPS) is 12.9. The Hall–Kier alpha value is -1.05. The zero-order valence-electron chi connectivity index (χ0n) is 12.4. The van der Waals surface area contributed by atoms with Crippen molar-refractivity contribution in [3.63, 3.8) is 0 Å². The van der Waals surface area contributed by atoms with Gasteiger partial charge in [-0.25, -0.2) is 4.79 Å². The molecule has 2 heteroatoms. The topological polar surface area (TPSA) is 26.3 Å². The van der Waals surface area contributed by atoms with Gasteiger partial charge in [-0.15, -0.1) is 0 Å². The highest BCUT2D eigenvalue weighted by molar-refractivity contribution is 5.87. The first-order valence-corrected chi connectivity index (χ1v) is 7.02. The summed E-state index contributed by atoms with van der Waals surface area (Å²) in [6.45, 7) is 11.6. The summed E-state index contributed by atoms with van der Waals surface area (Å²) < 4.78 is 5.38. The fourth-order valence-electron chi connectivity index (χ4n) is 1.54. The Morgan fingerprint density at radius 3 is 2.44 bits per heavy atom. The number of esters is 1. The predicted octanol–water partition coefficient (Wildman–Crippen LogP) is 4.66. The minimum Gasteiger partial charge on any atom is -0.455 e. The van der Waals surface area contributed by atoms with E-state index in [2.05, 4.69) is 33.4 Å². The van der Waals surface area contributed by atoms with Gasteiger partial charge < -0.3 is 4.74 Å². The molecule has 2 nitrogen and oxygen atoms in total. The molecule has 0 N–H and O–H groups in total. The van der Waals surface area contributed by atoms with Gasteiger partial charge in [-0.3, -0.25) is 0 Å². The Balaban J connectivity index is 4.07. The van der Waals surface area contributed by atoms with Crippen molar-refractivity contribution in [2.75, 3.05) is 0 Å². The van der Waals surface area contributed by atoms with E-state index in [9.17, 15) is 4.79 Å². The smallest absolute Gasteiger partial charge is 0.333 e. The lowest BCUT2D eigenvalue weighted by molar-refractivity contribution is -0.143. The van der Waals surface area contributed by atoms with Crippen LogP contribution in [0.4, 0.5) is 0 Å². The first-order chi connectivity index (χ1) is 8.49. The number of allylic oxidation sites excluding steroid dienone is 1. The molecule has 0 aliphatic heterocycles. The molecule has 0 fully saturated rings. The van der Waals surface area contributed by atoms with Crippen molar-refractivity contribution in [1.29, 1.82) is 0 Å². The maximum absolute atomic E-state index is 11.5. The third-order valence-corrected chi connectivity index (χ3v) is 2.80. The molecule has 104 valence electrons. The maximum Gasteiger partial charge on any atom is 0.333 e. The van der Waals surface area contributed by atoms with Crippen LogP contribution in [0.3, 0.4) is 0 Å². The molecule has 0 aliphatic rings. The average molecular weight is 252 g/mol. The fourth-order valence-corrected chi connectivity index (χ4v) is 1.54. The molecule has 0 aromatic carbocycles. The maximum atomic E-state index is 11.5. The van der Waals surface area contributed by atoms with Gasteiger partial charge in [-0.1, -0.05) is 52.7 Å². The molecule has 1 atom stereocenters. The number of carbonyl (C=O) groups excluding carboxylic acids is 1. The Morgan fingerprint density at radius 2 is 1.94 bits per heavy atom. The molecule has 0 heterocycles. The van der Waals surface area contributed by atoms with Crippen LogP contribution in [0.25, 0.3) is 0 Å². The quantitative estimate of drug-likeness (QED) is 0.258. The van der Waals surface area contributed by atoms with E-state index >= 15 is 0 Å². The van der Waals surface area contributed by atoms with Crippen molar-refractivity contribution >= 4 is 5.97 Å². The Morgan fingerprint density at radius 1 is 1.28 bits per heavy atom. The molecule has 0 aliphatic carbocycles. The Labute approximate surface area is 112 Å². The van der Waals surface area contributed by atoms with Crippen molar-refractivity contribution in [3.8, 4) is 0 Å². The highest BCUT2D eigenvalue weighted by atomic mass is 16.5. The Bertz CT molecular complexity index is 277. The molecule has 0 aromatic rings. The summed E-state index contributed by atoms with van der Waals surface area (Å²) in [5.74, 6) is -0.00970. The van der Waals surface area contributed by atoms with Gasteiger partial charge in [0.15, 0.2) is 0 Å². The number of hydrogen-bond acceptors (Lipinski definition) is 2. The van der Waals surface area contributed by atoms with Crippen molar-refractivity contribution in [2.24, 2.45) is 5.92 Å². The molecule has 0 spiro atoms. The number of ether oxygens (including phenoxy) is 1. The van der Waals surface area contributed by atoms with E-state index in [0.29, 0.717) is 11.5 Å². The second-order valence-corrected chi connectivity index (χ2v) is 5.17. The number of carbonyl (C=O) groups is 1. The molecule has 0 radical (unpaired) electrons. The zero-order valence-corrected chi connectivity index (χ0v) is 12.4. The van der Waals surface area contributed by atoms with E-state index in [-0.39, 0.29) is 12.1 Å². The van der Waals surface area contributed by atoms with Gasteiger partial charge >= 0.3 is 5.97 Å². The number of unbranched alkanes of at least 4 members (excludes halogenated alkanes) is 4. The van der Waals surface area contributed by atoms with E-state index in [0.717, 1.165) is 6.42 Å². The lowest BCUT2D eigenvalue weighted by Crippen LogP contribution is -2.21. The molecular weight excluding hydrogens is 224 g/mol.